The summed E-state index contributed by atoms with van der Waals surface area (Å²) in [4.78, 5) is 30.7. The number of para-hydroxylation sites is 2. The fraction of sp³-hybridized carbons (Fsp3) is 0.333. The van der Waals surface area contributed by atoms with Gasteiger partial charge in [0.25, 0.3) is 5.91 Å². The molecule has 0 bridgehead atoms. The molecule has 0 atom stereocenters. The van der Waals surface area contributed by atoms with Crippen molar-refractivity contribution in [1.82, 2.24) is 29.2 Å². The normalized spacial score (nSPS) is 15.1. The van der Waals surface area contributed by atoms with Gasteiger partial charge in [-0.15, -0.1) is 0 Å². The van der Waals surface area contributed by atoms with Crippen LogP contribution in [0.4, 0.5) is 5.69 Å². The molecule has 1 saturated heterocycles. The van der Waals surface area contributed by atoms with Crippen LogP contribution in [0.2, 0.25) is 0 Å². The van der Waals surface area contributed by atoms with E-state index in [1.54, 1.807) is 30.6 Å². The molecule has 5 rings (SSSR count). The predicted octanol–water partition coefficient (Wildman–Crippen LogP) is 1.48. The van der Waals surface area contributed by atoms with Crippen molar-refractivity contribution in [3.05, 3.63) is 60.6 Å². The van der Waals surface area contributed by atoms with Gasteiger partial charge < -0.3 is 15.8 Å². The second-order valence-electron chi connectivity index (χ2n) is 8.24. The maximum Gasteiger partial charge on any atom is 0.274 e. The summed E-state index contributed by atoms with van der Waals surface area (Å²) in [5, 5.41) is 2.83. The minimum absolute atomic E-state index is 0.287. The Labute approximate surface area is 197 Å². The molecule has 1 aromatic carbocycles. The van der Waals surface area contributed by atoms with Crippen LogP contribution in [-0.4, -0.2) is 87.5 Å². The lowest BCUT2D eigenvalue weighted by molar-refractivity contribution is 0.102. The van der Waals surface area contributed by atoms with Crippen LogP contribution < -0.4 is 15.8 Å². The molecule has 3 N–H and O–H groups in total. The van der Waals surface area contributed by atoms with Crippen molar-refractivity contribution in [3.63, 3.8) is 0 Å². The molecule has 10 nitrogen and oxygen atoms in total. The van der Waals surface area contributed by atoms with E-state index in [1.165, 1.54) is 0 Å². The predicted molar refractivity (Wildman–Crippen MR) is 130 cm³/mol. The van der Waals surface area contributed by atoms with Crippen LogP contribution in [0, 0.1) is 0 Å². The van der Waals surface area contributed by atoms with Crippen molar-refractivity contribution in [2.24, 2.45) is 5.73 Å². The number of nitrogens with one attached hydrogen (secondary N) is 1. The zero-order valence-corrected chi connectivity index (χ0v) is 18.9. The van der Waals surface area contributed by atoms with E-state index in [1.807, 2.05) is 28.7 Å². The molecule has 0 aliphatic carbocycles. The Bertz CT molecular complexity index is 1270. The Hall–Kier alpha value is -3.60. The number of anilines is 1. The largest absolute Gasteiger partial charge is 0.476 e. The Morgan fingerprint density at radius 3 is 2.56 bits per heavy atom. The van der Waals surface area contributed by atoms with Crippen molar-refractivity contribution in [3.8, 4) is 5.88 Å². The number of fused-ring (bicyclic) bond motifs is 3. The second-order valence-corrected chi connectivity index (χ2v) is 8.24. The molecule has 34 heavy (non-hydrogen) atoms. The number of aromatic nitrogens is 4. The van der Waals surface area contributed by atoms with E-state index in [4.69, 9.17) is 10.5 Å². The average molecular weight is 461 g/mol. The molecule has 1 amide bonds. The van der Waals surface area contributed by atoms with Crippen LogP contribution >= 0.6 is 0 Å². The Balaban J connectivity index is 1.13. The highest BCUT2D eigenvalue weighted by Gasteiger charge is 2.16. The summed E-state index contributed by atoms with van der Waals surface area (Å²) in [7, 11) is 0. The number of imidazole rings is 1. The molecule has 3 aromatic heterocycles. The van der Waals surface area contributed by atoms with Crippen LogP contribution in [0.1, 0.15) is 10.5 Å². The fourth-order valence-electron chi connectivity index (χ4n) is 4.11. The van der Waals surface area contributed by atoms with Gasteiger partial charge in [-0.1, -0.05) is 12.1 Å². The number of piperazine rings is 1. The van der Waals surface area contributed by atoms with Gasteiger partial charge in [0.1, 0.15) is 12.3 Å². The standard InChI is InChI=1S/C24H28N8O2/c25-8-10-30-11-13-31(14-12-30)15-16-34-22-6-5-18(17-26-22)27-23(33)20-7-9-32-21-4-2-1-3-19(21)28-24(32)29-20/h1-7,9,17H,8,10-16,25H2,(H,27,33). The summed E-state index contributed by atoms with van der Waals surface area (Å²) >= 11 is 0. The third-order valence-corrected chi connectivity index (χ3v) is 5.97. The molecule has 0 saturated carbocycles. The highest BCUT2D eigenvalue weighted by atomic mass is 16.5. The van der Waals surface area contributed by atoms with E-state index in [0.717, 1.165) is 50.3 Å². The molecule has 4 aromatic rings. The lowest BCUT2D eigenvalue weighted by Gasteiger charge is -2.34. The minimum atomic E-state index is -0.321. The summed E-state index contributed by atoms with van der Waals surface area (Å²) < 4.78 is 7.64. The number of nitrogens with zero attached hydrogens (tertiary/aromatic N) is 6. The van der Waals surface area contributed by atoms with E-state index in [-0.39, 0.29) is 11.6 Å². The van der Waals surface area contributed by atoms with Gasteiger partial charge >= 0.3 is 0 Å². The fourth-order valence-corrected chi connectivity index (χ4v) is 4.11. The lowest BCUT2D eigenvalue weighted by atomic mass is 10.3. The molecule has 4 heterocycles. The molecular formula is C24H28N8O2. The van der Waals surface area contributed by atoms with Crippen molar-refractivity contribution < 1.29 is 9.53 Å². The molecule has 0 radical (unpaired) electrons. The Kier molecular flexibility index (Phi) is 6.61. The van der Waals surface area contributed by atoms with E-state index < -0.39 is 0 Å². The van der Waals surface area contributed by atoms with Crippen molar-refractivity contribution >= 4 is 28.4 Å². The quantitative estimate of drug-likeness (QED) is 0.407. The van der Waals surface area contributed by atoms with E-state index >= 15 is 0 Å². The molecule has 0 unspecified atom stereocenters. The van der Waals surface area contributed by atoms with Gasteiger partial charge in [-0.3, -0.25) is 19.0 Å². The molecule has 1 fully saturated rings. The van der Waals surface area contributed by atoms with Crippen molar-refractivity contribution in [1.29, 1.82) is 0 Å². The first kappa shape index (κ1) is 22.2. The number of benzene rings is 1. The number of hydrogen-bond donors (Lipinski definition) is 2. The zero-order chi connectivity index (χ0) is 23.3. The molecule has 1 aliphatic heterocycles. The first-order valence-electron chi connectivity index (χ1n) is 11.5. The lowest BCUT2D eigenvalue weighted by Crippen LogP contribution is -2.48. The first-order chi connectivity index (χ1) is 16.7. The second kappa shape index (κ2) is 10.1. The monoisotopic (exact) mass is 460 g/mol. The maximum absolute atomic E-state index is 12.7. The molecule has 1 aliphatic rings. The average Bonchev–Trinajstić information content (AvgIpc) is 3.24. The maximum atomic E-state index is 12.7. The van der Waals surface area contributed by atoms with Gasteiger partial charge in [0, 0.05) is 58.1 Å². The SMILES string of the molecule is NCCN1CCN(CCOc2ccc(NC(=O)c3ccn4c(n3)nc3ccccc34)cn2)CC1. The smallest absolute Gasteiger partial charge is 0.274 e. The van der Waals surface area contributed by atoms with E-state index in [2.05, 4.69) is 30.1 Å². The summed E-state index contributed by atoms with van der Waals surface area (Å²) in [6.45, 7) is 7.23. The van der Waals surface area contributed by atoms with Crippen LogP contribution in [0.3, 0.4) is 0 Å². The van der Waals surface area contributed by atoms with Gasteiger partial charge in [0.05, 0.1) is 22.9 Å². The Morgan fingerprint density at radius 2 is 1.79 bits per heavy atom. The number of pyridine rings is 1. The molecular weight excluding hydrogens is 432 g/mol. The summed E-state index contributed by atoms with van der Waals surface area (Å²) in [6.07, 6.45) is 3.39. The Morgan fingerprint density at radius 1 is 1.00 bits per heavy atom. The van der Waals surface area contributed by atoms with Crippen LogP contribution in [0.25, 0.3) is 16.8 Å². The molecule has 10 heteroatoms. The van der Waals surface area contributed by atoms with Gasteiger partial charge in [0.15, 0.2) is 0 Å². The van der Waals surface area contributed by atoms with Crippen LogP contribution in [0.15, 0.2) is 54.9 Å². The summed E-state index contributed by atoms with van der Waals surface area (Å²) in [5.41, 5.74) is 8.27. The number of carbonyl (C=O) groups excluding carboxylic acids is 1. The highest BCUT2D eigenvalue weighted by molar-refractivity contribution is 6.03. The zero-order valence-electron chi connectivity index (χ0n) is 18.9. The van der Waals surface area contributed by atoms with Gasteiger partial charge in [-0.25, -0.2) is 15.0 Å². The summed E-state index contributed by atoms with van der Waals surface area (Å²) in [5.74, 6) is 0.693. The van der Waals surface area contributed by atoms with E-state index in [0.29, 0.717) is 30.5 Å². The minimum Gasteiger partial charge on any atom is -0.476 e. The number of hydrogen-bond acceptors (Lipinski definition) is 8. The third-order valence-electron chi connectivity index (χ3n) is 5.97. The topological polar surface area (TPSA) is 114 Å². The highest BCUT2D eigenvalue weighted by Crippen LogP contribution is 2.16. The first-order valence-corrected chi connectivity index (χ1v) is 11.5. The van der Waals surface area contributed by atoms with Crippen LogP contribution in [-0.2, 0) is 0 Å². The number of carbonyl (C=O) groups is 1. The molecule has 176 valence electrons. The van der Waals surface area contributed by atoms with Gasteiger partial charge in [-0.2, -0.15) is 0 Å². The number of amides is 1. The van der Waals surface area contributed by atoms with E-state index in [9.17, 15) is 4.79 Å². The third kappa shape index (κ3) is 4.98. The number of nitrogens with two attached hydrogens (primary N) is 1. The van der Waals surface area contributed by atoms with Crippen molar-refractivity contribution in [2.75, 3.05) is 57.7 Å². The van der Waals surface area contributed by atoms with Gasteiger partial charge in [0.2, 0.25) is 11.7 Å². The molecule has 0 spiro atoms. The van der Waals surface area contributed by atoms with Gasteiger partial charge in [-0.05, 0) is 24.3 Å². The van der Waals surface area contributed by atoms with Crippen molar-refractivity contribution in [2.45, 2.75) is 0 Å². The van der Waals surface area contributed by atoms with Crippen LogP contribution in [0.5, 0.6) is 5.88 Å². The number of rotatable bonds is 8. The number of ether oxygens (including phenoxy) is 1. The summed E-state index contributed by atoms with van der Waals surface area (Å²) in [6, 6.07) is 13.0.